The Bertz CT molecular complexity index is 379. The summed E-state index contributed by atoms with van der Waals surface area (Å²) < 4.78 is 0. The molecule has 2 rings (SSSR count). The summed E-state index contributed by atoms with van der Waals surface area (Å²) in [4.78, 5) is 0. The maximum absolute atomic E-state index is 9.41. The molecule has 0 aromatic heterocycles. The van der Waals surface area contributed by atoms with Gasteiger partial charge >= 0.3 is 0 Å². The first-order valence-corrected chi connectivity index (χ1v) is 8.25. The Morgan fingerprint density at radius 1 is 1.10 bits per heavy atom. The molecule has 20 heavy (non-hydrogen) atoms. The normalized spacial score (nSPS) is 20.3. The topological polar surface area (TPSA) is 32.3 Å². The van der Waals surface area contributed by atoms with Crippen LogP contribution in [0.2, 0.25) is 0 Å². The number of aromatic hydroxyl groups is 1. The average Bonchev–Trinajstić information content (AvgIpc) is 2.75. The third-order valence-electron chi connectivity index (χ3n) is 4.77. The third kappa shape index (κ3) is 4.24. The van der Waals surface area contributed by atoms with E-state index in [1.165, 1.54) is 44.1 Å². The van der Waals surface area contributed by atoms with E-state index >= 15 is 0 Å². The second-order valence-electron chi connectivity index (χ2n) is 6.26. The second kappa shape index (κ2) is 7.68. The first-order valence-electron chi connectivity index (χ1n) is 8.25. The zero-order chi connectivity index (χ0) is 14.4. The van der Waals surface area contributed by atoms with Crippen LogP contribution in [0.3, 0.4) is 0 Å². The molecule has 1 aromatic carbocycles. The summed E-state index contributed by atoms with van der Waals surface area (Å²) in [5, 5.41) is 13.2. The summed E-state index contributed by atoms with van der Waals surface area (Å²) in [5.74, 6) is 1.17. The Morgan fingerprint density at radius 2 is 1.70 bits per heavy atom. The lowest BCUT2D eigenvalue weighted by atomic mass is 9.91. The van der Waals surface area contributed by atoms with Gasteiger partial charge in [-0.25, -0.2) is 0 Å². The van der Waals surface area contributed by atoms with Crippen molar-refractivity contribution < 1.29 is 5.11 Å². The number of benzene rings is 1. The van der Waals surface area contributed by atoms with Crippen LogP contribution >= 0.6 is 0 Å². The van der Waals surface area contributed by atoms with Crippen LogP contribution in [0.4, 0.5) is 0 Å². The average molecular weight is 275 g/mol. The fourth-order valence-electron chi connectivity index (χ4n) is 3.42. The van der Waals surface area contributed by atoms with E-state index in [0.29, 0.717) is 17.8 Å². The quantitative estimate of drug-likeness (QED) is 0.757. The van der Waals surface area contributed by atoms with Crippen LogP contribution in [0.15, 0.2) is 24.3 Å². The fraction of sp³-hybridized carbons (Fsp3) is 0.667. The van der Waals surface area contributed by atoms with Gasteiger partial charge in [0, 0.05) is 12.1 Å². The van der Waals surface area contributed by atoms with Crippen LogP contribution in [0, 0.1) is 5.92 Å². The van der Waals surface area contributed by atoms with E-state index in [4.69, 9.17) is 0 Å². The van der Waals surface area contributed by atoms with Crippen molar-refractivity contribution in [3.05, 3.63) is 29.8 Å². The number of rotatable bonds is 5. The molecule has 1 aliphatic rings. The number of nitrogens with one attached hydrogen (secondary N) is 1. The summed E-state index contributed by atoms with van der Waals surface area (Å²) in [6.45, 7) is 4.57. The second-order valence-corrected chi connectivity index (χ2v) is 6.26. The molecule has 1 aliphatic carbocycles. The summed E-state index contributed by atoms with van der Waals surface area (Å²) >= 11 is 0. The molecule has 0 amide bonds. The number of phenols is 1. The van der Waals surface area contributed by atoms with Gasteiger partial charge < -0.3 is 10.4 Å². The Balaban J connectivity index is 1.96. The highest BCUT2D eigenvalue weighted by Gasteiger charge is 2.21. The van der Waals surface area contributed by atoms with Crippen LogP contribution in [-0.2, 0) is 0 Å². The summed E-state index contributed by atoms with van der Waals surface area (Å²) in [6, 6.07) is 8.62. The zero-order valence-corrected chi connectivity index (χ0v) is 12.9. The molecule has 0 aliphatic heterocycles. The van der Waals surface area contributed by atoms with E-state index in [1.807, 2.05) is 12.1 Å². The molecule has 2 heteroatoms. The minimum atomic E-state index is 0.348. The van der Waals surface area contributed by atoms with Crippen molar-refractivity contribution in [3.8, 4) is 5.75 Å². The van der Waals surface area contributed by atoms with Crippen LogP contribution in [0.5, 0.6) is 5.75 Å². The SMILES string of the molecule is CCC(N[C@@H](C)C1CCCCCC1)c1ccc(O)cc1. The Hall–Kier alpha value is -1.02. The molecule has 0 spiro atoms. The van der Waals surface area contributed by atoms with Crippen molar-refractivity contribution in [1.82, 2.24) is 5.32 Å². The minimum absolute atomic E-state index is 0.348. The molecule has 0 bridgehead atoms. The molecular formula is C18H29NO. The Morgan fingerprint density at radius 3 is 2.25 bits per heavy atom. The summed E-state index contributed by atoms with van der Waals surface area (Å²) in [5.41, 5.74) is 1.28. The summed E-state index contributed by atoms with van der Waals surface area (Å²) in [7, 11) is 0. The maximum Gasteiger partial charge on any atom is 0.115 e. The molecule has 2 nitrogen and oxygen atoms in total. The number of hydrogen-bond donors (Lipinski definition) is 2. The minimum Gasteiger partial charge on any atom is -0.508 e. The lowest BCUT2D eigenvalue weighted by molar-refractivity contribution is 0.306. The van der Waals surface area contributed by atoms with Gasteiger partial charge in [-0.05, 0) is 49.8 Å². The molecule has 0 radical (unpaired) electrons. The van der Waals surface area contributed by atoms with Crippen molar-refractivity contribution in [3.63, 3.8) is 0 Å². The number of phenolic OH excluding ortho intramolecular Hbond substituents is 1. The molecule has 2 N–H and O–H groups in total. The third-order valence-corrected chi connectivity index (χ3v) is 4.77. The van der Waals surface area contributed by atoms with Crippen molar-refractivity contribution in [1.29, 1.82) is 0 Å². The Kier molecular flexibility index (Phi) is 5.90. The predicted octanol–water partition coefficient (Wildman–Crippen LogP) is 4.79. The highest BCUT2D eigenvalue weighted by molar-refractivity contribution is 5.28. The van der Waals surface area contributed by atoms with Gasteiger partial charge in [0.25, 0.3) is 0 Å². The van der Waals surface area contributed by atoms with Crippen molar-refractivity contribution in [2.75, 3.05) is 0 Å². The smallest absolute Gasteiger partial charge is 0.115 e. The van der Waals surface area contributed by atoms with Crippen LogP contribution in [0.1, 0.15) is 70.4 Å². The van der Waals surface area contributed by atoms with Gasteiger partial charge in [-0.3, -0.25) is 0 Å². The van der Waals surface area contributed by atoms with Crippen LogP contribution in [0.25, 0.3) is 0 Å². The summed E-state index contributed by atoms with van der Waals surface area (Å²) in [6.07, 6.45) is 9.46. The maximum atomic E-state index is 9.41. The fourth-order valence-corrected chi connectivity index (χ4v) is 3.42. The Labute approximate surface area is 123 Å². The van der Waals surface area contributed by atoms with Crippen LogP contribution in [-0.4, -0.2) is 11.1 Å². The highest BCUT2D eigenvalue weighted by Crippen LogP contribution is 2.28. The van der Waals surface area contributed by atoms with Gasteiger partial charge in [0.15, 0.2) is 0 Å². The van der Waals surface area contributed by atoms with Crippen molar-refractivity contribution in [2.24, 2.45) is 5.92 Å². The first-order chi connectivity index (χ1) is 9.70. The standard InChI is InChI=1S/C18H29NO/c1-3-18(16-10-12-17(20)13-11-16)19-14(2)15-8-6-4-5-7-9-15/h10-15,18-20H,3-9H2,1-2H3/t14-,18?/m0/s1. The lowest BCUT2D eigenvalue weighted by Crippen LogP contribution is -2.36. The highest BCUT2D eigenvalue weighted by atomic mass is 16.3. The molecular weight excluding hydrogens is 246 g/mol. The van der Waals surface area contributed by atoms with E-state index in [0.717, 1.165) is 12.3 Å². The van der Waals surface area contributed by atoms with Gasteiger partial charge in [0.2, 0.25) is 0 Å². The molecule has 0 saturated heterocycles. The predicted molar refractivity (Wildman–Crippen MR) is 84.9 cm³/mol. The molecule has 1 aromatic rings. The van der Waals surface area contributed by atoms with Crippen molar-refractivity contribution >= 4 is 0 Å². The molecule has 1 saturated carbocycles. The van der Waals surface area contributed by atoms with E-state index in [9.17, 15) is 5.11 Å². The van der Waals surface area contributed by atoms with Gasteiger partial charge in [-0.1, -0.05) is 44.7 Å². The molecule has 1 fully saturated rings. The van der Waals surface area contributed by atoms with Gasteiger partial charge in [0.1, 0.15) is 5.75 Å². The van der Waals surface area contributed by atoms with Gasteiger partial charge in [-0.2, -0.15) is 0 Å². The van der Waals surface area contributed by atoms with Gasteiger partial charge in [0.05, 0.1) is 0 Å². The van der Waals surface area contributed by atoms with Crippen molar-refractivity contribution in [2.45, 2.75) is 70.9 Å². The first kappa shape index (κ1) is 15.4. The lowest BCUT2D eigenvalue weighted by Gasteiger charge is -2.28. The zero-order valence-electron chi connectivity index (χ0n) is 12.9. The van der Waals surface area contributed by atoms with E-state index in [1.54, 1.807) is 12.1 Å². The molecule has 112 valence electrons. The van der Waals surface area contributed by atoms with E-state index in [2.05, 4.69) is 19.2 Å². The monoisotopic (exact) mass is 275 g/mol. The van der Waals surface area contributed by atoms with Gasteiger partial charge in [-0.15, -0.1) is 0 Å². The van der Waals surface area contributed by atoms with E-state index < -0.39 is 0 Å². The largest absolute Gasteiger partial charge is 0.508 e. The van der Waals surface area contributed by atoms with E-state index in [-0.39, 0.29) is 0 Å². The molecule has 1 unspecified atom stereocenters. The number of hydrogen-bond acceptors (Lipinski definition) is 2. The molecule has 0 heterocycles. The molecule has 2 atom stereocenters. The van der Waals surface area contributed by atoms with Crippen LogP contribution < -0.4 is 5.32 Å².